The summed E-state index contributed by atoms with van der Waals surface area (Å²) in [4.78, 5) is 14.8. The van der Waals surface area contributed by atoms with Gasteiger partial charge in [-0.25, -0.2) is 0 Å². The number of hydrogen-bond acceptors (Lipinski definition) is 8. The van der Waals surface area contributed by atoms with E-state index < -0.39 is 50.9 Å². The van der Waals surface area contributed by atoms with E-state index in [1.807, 2.05) is 0 Å². The van der Waals surface area contributed by atoms with Gasteiger partial charge >= 0.3 is 0 Å². The number of carbonyl (C=O) groups excluding carboxylic acids is 1. The molecule has 3 rings (SSSR count). The van der Waals surface area contributed by atoms with E-state index in [2.05, 4.69) is 20.4 Å². The van der Waals surface area contributed by atoms with Crippen LogP contribution < -0.4 is 0 Å². The number of ether oxygens (including phenoxy) is 1. The maximum atomic E-state index is 13.7. The highest BCUT2D eigenvalue weighted by Gasteiger charge is 2.82. The van der Waals surface area contributed by atoms with Crippen molar-refractivity contribution in [2.75, 3.05) is 14.1 Å². The number of hydrogen-bond donors (Lipinski definition) is 6. The summed E-state index contributed by atoms with van der Waals surface area (Å²) in [5.74, 6) is -3.47. The molecule has 3 aliphatic rings. The second-order valence-corrected chi connectivity index (χ2v) is 12.0. The average Bonchev–Trinajstić information content (AvgIpc) is 2.67. The second kappa shape index (κ2) is 8.67. The third kappa shape index (κ3) is 3.84. The topological polar surface area (TPSA) is 168 Å². The molecule has 0 amide bonds. The smallest absolute Gasteiger partial charge is 0.299 e. The normalized spacial score (nSPS) is 44.1. The van der Waals surface area contributed by atoms with E-state index in [4.69, 9.17) is 18.1 Å². The summed E-state index contributed by atoms with van der Waals surface area (Å²) in [6.45, 7) is 13.0. The van der Waals surface area contributed by atoms with Gasteiger partial charge in [0, 0.05) is 11.8 Å². The number of rotatable bonds is 3. The van der Waals surface area contributed by atoms with Crippen LogP contribution in [0.15, 0.2) is 12.7 Å². The van der Waals surface area contributed by atoms with Crippen LogP contribution >= 0.6 is 0 Å². The summed E-state index contributed by atoms with van der Waals surface area (Å²) in [5.41, 5.74) is -8.48. The summed E-state index contributed by atoms with van der Waals surface area (Å²) in [5, 5.41) is 46.6. The molecule has 11 heteroatoms. The Labute approximate surface area is 204 Å². The number of carbonyl (C=O) groups is 1. The number of fused-ring (bicyclic) bond motifs is 3. The van der Waals surface area contributed by atoms with Crippen LogP contribution in [0.3, 0.4) is 0 Å². The maximum Gasteiger partial charge on any atom is 0.299 e. The van der Waals surface area contributed by atoms with E-state index >= 15 is 0 Å². The molecule has 0 aromatic carbocycles. The molecule has 10 nitrogen and oxygen atoms in total. The summed E-state index contributed by atoms with van der Waals surface area (Å²) in [6.07, 6.45) is 2.98. The first-order chi connectivity index (χ1) is 15.1. The number of ketones is 1. The maximum absolute atomic E-state index is 13.7. The first-order valence-corrected chi connectivity index (χ1v) is 12.4. The predicted molar refractivity (Wildman–Crippen MR) is 126 cm³/mol. The third-order valence-corrected chi connectivity index (χ3v) is 9.04. The lowest BCUT2D eigenvalue weighted by Gasteiger charge is -2.73. The third-order valence-electron chi connectivity index (χ3n) is 9.04. The molecule has 2 aliphatic carbocycles. The molecule has 0 aromatic heterocycles. The largest absolute Gasteiger partial charge is 0.382 e. The van der Waals surface area contributed by atoms with Crippen LogP contribution in [0, 0.1) is 16.7 Å². The van der Waals surface area contributed by atoms with Crippen molar-refractivity contribution < 1.29 is 43.3 Å². The zero-order chi connectivity index (χ0) is 26.8. The van der Waals surface area contributed by atoms with Crippen molar-refractivity contribution in [2.45, 2.75) is 95.0 Å². The van der Waals surface area contributed by atoms with Gasteiger partial charge < -0.3 is 25.2 Å². The van der Waals surface area contributed by atoms with E-state index in [9.17, 15) is 25.2 Å². The van der Waals surface area contributed by atoms with E-state index in [0.29, 0.717) is 19.3 Å². The lowest BCUT2D eigenvalue weighted by molar-refractivity contribution is -0.426. The fraction of sp³-hybridized carbons (Fsp3) is 0.870. The minimum atomic E-state index is -2.66. The van der Waals surface area contributed by atoms with Crippen molar-refractivity contribution in [3.63, 3.8) is 0 Å². The lowest BCUT2D eigenvalue weighted by atomic mass is 9.37. The van der Waals surface area contributed by atoms with Crippen molar-refractivity contribution in [3.05, 3.63) is 12.7 Å². The molecular weight excluding hydrogens is 466 g/mol. The summed E-state index contributed by atoms with van der Waals surface area (Å²) < 4.78 is 29.2. The van der Waals surface area contributed by atoms with Crippen LogP contribution in [0.25, 0.3) is 0 Å². The van der Waals surface area contributed by atoms with Crippen LogP contribution in [0.5, 0.6) is 0 Å². The minimum absolute atomic E-state index is 0.0164. The minimum Gasteiger partial charge on any atom is -0.382 e. The van der Waals surface area contributed by atoms with Crippen LogP contribution in [0.2, 0.25) is 0 Å². The molecule has 34 heavy (non-hydrogen) atoms. The van der Waals surface area contributed by atoms with Gasteiger partial charge in [-0.05, 0) is 65.0 Å². The molecule has 6 atom stereocenters. The highest BCUT2D eigenvalue weighted by atomic mass is 32.2. The first kappa shape index (κ1) is 29.5. The Bertz CT molecular complexity index is 859. The van der Waals surface area contributed by atoms with E-state index in [1.54, 1.807) is 26.8 Å². The van der Waals surface area contributed by atoms with Gasteiger partial charge in [0.15, 0.2) is 11.4 Å². The van der Waals surface area contributed by atoms with Crippen LogP contribution in [-0.4, -0.2) is 86.8 Å². The molecule has 1 heterocycles. The highest BCUT2D eigenvalue weighted by Crippen LogP contribution is 2.70. The molecule has 1 saturated heterocycles. The summed E-state index contributed by atoms with van der Waals surface area (Å²) in [6, 6.07) is 0. The Balaban J connectivity index is 0.000000945. The molecule has 0 bridgehead atoms. The van der Waals surface area contributed by atoms with Crippen LogP contribution in [0.1, 0.15) is 66.7 Å². The number of Topliss-reactive ketones (excluding diaryl/α,β-unsaturated/α-hetero) is 1. The average molecular weight is 508 g/mol. The molecule has 198 valence electrons. The Kier molecular flexibility index (Phi) is 7.52. The Hall–Kier alpha value is -0.760. The van der Waals surface area contributed by atoms with E-state index in [-0.39, 0.29) is 24.2 Å². The Morgan fingerprint density at radius 2 is 1.59 bits per heavy atom. The SMILES string of the molecule is C=C[C@@]1(C)CC(=O)[C@]2(O)[C@]3(C)[C@@H](CC[C@@]2(C)O1)C(C)(C)CC[C@@]3(O)C(O)(O)N(C)C.O=S(O)O. The molecule has 0 aromatic rings. The van der Waals surface area contributed by atoms with Crippen LogP contribution in [0.4, 0.5) is 0 Å². The Morgan fingerprint density at radius 3 is 2.03 bits per heavy atom. The molecule has 2 saturated carbocycles. The quantitative estimate of drug-likeness (QED) is 0.186. The van der Waals surface area contributed by atoms with Gasteiger partial charge in [0.05, 0.1) is 5.60 Å². The Morgan fingerprint density at radius 1 is 1.09 bits per heavy atom. The highest BCUT2D eigenvalue weighted by molar-refractivity contribution is 7.73. The zero-order valence-corrected chi connectivity index (χ0v) is 22.0. The fourth-order valence-electron chi connectivity index (χ4n) is 7.09. The molecule has 0 radical (unpaired) electrons. The van der Waals surface area contributed by atoms with Crippen molar-refractivity contribution in [1.29, 1.82) is 0 Å². The molecule has 0 spiro atoms. The van der Waals surface area contributed by atoms with Crippen molar-refractivity contribution in [1.82, 2.24) is 4.90 Å². The summed E-state index contributed by atoms with van der Waals surface area (Å²) in [7, 11) is 2.91. The van der Waals surface area contributed by atoms with Gasteiger partial charge in [0.2, 0.25) is 0 Å². The standard InChI is InChI=1S/C23H39NO6.H2O3S/c1-9-18(4)14-16(25)22(27)19(5,30-18)11-10-15-17(2,3)12-13-21(26,20(15,22)6)23(28,29)24(7)8;1-4(2)3/h9,15,26-29H,1,10-14H2,2-8H3;(H2,1,2,3)/t15-,18-,19+,20+,21-,22+;/m0./s1. The van der Waals surface area contributed by atoms with Gasteiger partial charge in [-0.15, -0.1) is 6.58 Å². The van der Waals surface area contributed by atoms with E-state index in [0.717, 1.165) is 4.90 Å². The van der Waals surface area contributed by atoms with Gasteiger partial charge in [-0.3, -0.25) is 18.8 Å². The molecule has 1 aliphatic heterocycles. The summed E-state index contributed by atoms with van der Waals surface area (Å²) >= 11 is -2.61. The number of nitrogens with zero attached hydrogens (tertiary/aromatic N) is 1. The van der Waals surface area contributed by atoms with Crippen molar-refractivity contribution in [2.24, 2.45) is 16.7 Å². The number of likely N-dealkylation sites (N-methyl/N-ethyl adjacent to an activating group) is 1. The second-order valence-electron chi connectivity index (χ2n) is 11.6. The van der Waals surface area contributed by atoms with Crippen molar-refractivity contribution >= 4 is 17.1 Å². The van der Waals surface area contributed by atoms with Gasteiger partial charge in [-0.1, -0.05) is 26.8 Å². The van der Waals surface area contributed by atoms with Gasteiger partial charge in [0.1, 0.15) is 11.2 Å². The molecule has 6 N–H and O–H groups in total. The van der Waals surface area contributed by atoms with Gasteiger partial charge in [0.25, 0.3) is 17.3 Å². The predicted octanol–water partition coefficient (Wildman–Crippen LogP) is 1.26. The monoisotopic (exact) mass is 507 g/mol. The lowest BCUT2D eigenvalue weighted by Crippen LogP contribution is -2.86. The first-order valence-electron chi connectivity index (χ1n) is 11.4. The van der Waals surface area contributed by atoms with Gasteiger partial charge in [-0.2, -0.15) is 4.21 Å². The molecule has 0 unspecified atom stereocenters. The van der Waals surface area contributed by atoms with E-state index in [1.165, 1.54) is 14.1 Å². The molecular formula is C23H41NO9S. The van der Waals surface area contributed by atoms with Crippen LogP contribution in [-0.2, 0) is 20.9 Å². The fourth-order valence-corrected chi connectivity index (χ4v) is 7.09. The van der Waals surface area contributed by atoms with Crippen molar-refractivity contribution in [3.8, 4) is 0 Å². The number of aliphatic hydroxyl groups is 4. The molecule has 3 fully saturated rings. The zero-order valence-electron chi connectivity index (χ0n) is 21.2.